The van der Waals surface area contributed by atoms with Gasteiger partial charge in [0.1, 0.15) is 12.6 Å². The quantitative estimate of drug-likeness (QED) is 0.147. The lowest BCUT2D eigenvalue weighted by Gasteiger charge is -2.34. The number of hydrogen-bond donors (Lipinski definition) is 1. The Morgan fingerprint density at radius 3 is 2.12 bits per heavy atom. The fourth-order valence-corrected chi connectivity index (χ4v) is 8.04. The maximum atomic E-state index is 14.8. The molecule has 1 N–H and O–H groups in total. The molecular weight excluding hydrogens is 697 g/mol. The number of carbonyl (C=O) groups is 2. The van der Waals surface area contributed by atoms with Gasteiger partial charge in [0.25, 0.3) is 10.0 Å². The van der Waals surface area contributed by atoms with E-state index < -0.39 is 28.5 Å². The number of methoxy groups -OCH3 is 2. The summed E-state index contributed by atoms with van der Waals surface area (Å²) in [5.74, 6) is -0.304. The number of nitrogens with one attached hydrogen (secondary N) is 1. The van der Waals surface area contributed by atoms with Gasteiger partial charge in [-0.05, 0) is 61.7 Å². The smallest absolute Gasteiger partial charge is 0.264 e. The predicted molar refractivity (Wildman–Crippen MR) is 197 cm³/mol. The highest BCUT2D eigenvalue weighted by atomic mass is 35.5. The molecule has 1 aliphatic rings. The molecule has 5 rings (SSSR count). The topological polar surface area (TPSA) is 105 Å². The number of anilines is 1. The summed E-state index contributed by atoms with van der Waals surface area (Å²) in [6, 6.07) is 24.4. The number of aryl methyl sites for hydroxylation is 1. The van der Waals surface area contributed by atoms with Crippen LogP contribution in [0.5, 0.6) is 11.5 Å². The molecule has 0 heterocycles. The molecule has 0 aliphatic heterocycles. The van der Waals surface area contributed by atoms with Crippen molar-refractivity contribution in [2.24, 2.45) is 0 Å². The van der Waals surface area contributed by atoms with E-state index in [9.17, 15) is 18.0 Å². The van der Waals surface area contributed by atoms with Gasteiger partial charge in [-0.15, -0.1) is 0 Å². The normalized spacial score (nSPS) is 13.8. The molecule has 9 nitrogen and oxygen atoms in total. The molecule has 50 heavy (non-hydrogen) atoms. The van der Waals surface area contributed by atoms with Gasteiger partial charge in [-0.25, -0.2) is 8.42 Å². The molecule has 1 fully saturated rings. The molecule has 264 valence electrons. The van der Waals surface area contributed by atoms with Crippen LogP contribution in [0.1, 0.15) is 42.4 Å². The second-order valence-corrected chi connectivity index (χ2v) is 15.0. The average molecular weight is 739 g/mol. The van der Waals surface area contributed by atoms with Gasteiger partial charge in [-0.2, -0.15) is 0 Å². The zero-order valence-electron chi connectivity index (χ0n) is 28.3. The molecule has 12 heteroatoms. The Labute approximate surface area is 304 Å². The minimum absolute atomic E-state index is 0.00815. The van der Waals surface area contributed by atoms with Crippen molar-refractivity contribution in [3.05, 3.63) is 118 Å². The Hall–Kier alpha value is -4.25. The third kappa shape index (κ3) is 8.72. The molecule has 1 saturated carbocycles. The van der Waals surface area contributed by atoms with Crippen molar-refractivity contribution in [3.8, 4) is 11.5 Å². The van der Waals surface area contributed by atoms with E-state index in [0.29, 0.717) is 21.4 Å². The van der Waals surface area contributed by atoms with Gasteiger partial charge in [0.05, 0.1) is 24.8 Å². The fourth-order valence-electron chi connectivity index (χ4n) is 6.12. The van der Waals surface area contributed by atoms with E-state index in [1.165, 1.54) is 37.3 Å². The van der Waals surface area contributed by atoms with Crippen LogP contribution in [0.15, 0.2) is 95.9 Å². The largest absolute Gasteiger partial charge is 0.493 e. The van der Waals surface area contributed by atoms with Crippen LogP contribution in [0.2, 0.25) is 10.0 Å². The molecular formula is C38H41Cl2N3O6S. The first-order valence-corrected chi connectivity index (χ1v) is 18.6. The minimum Gasteiger partial charge on any atom is -0.493 e. The molecule has 0 radical (unpaired) electrons. The maximum Gasteiger partial charge on any atom is 0.264 e. The van der Waals surface area contributed by atoms with Crippen LogP contribution < -0.4 is 19.1 Å². The van der Waals surface area contributed by atoms with Crippen molar-refractivity contribution in [1.29, 1.82) is 0 Å². The van der Waals surface area contributed by atoms with Crippen molar-refractivity contribution >= 4 is 50.7 Å². The lowest BCUT2D eigenvalue weighted by atomic mass is 10.0. The molecule has 0 saturated heterocycles. The number of hydrogen-bond acceptors (Lipinski definition) is 6. The Balaban J connectivity index is 1.62. The number of amides is 2. The highest BCUT2D eigenvalue weighted by molar-refractivity contribution is 7.92. The van der Waals surface area contributed by atoms with E-state index in [2.05, 4.69) is 5.32 Å². The van der Waals surface area contributed by atoms with Crippen LogP contribution in [0.4, 0.5) is 5.69 Å². The number of ether oxygens (including phenoxy) is 2. The predicted octanol–water partition coefficient (Wildman–Crippen LogP) is 7.21. The molecule has 0 bridgehead atoms. The van der Waals surface area contributed by atoms with E-state index in [-0.39, 0.29) is 41.2 Å². The Morgan fingerprint density at radius 1 is 0.860 bits per heavy atom. The van der Waals surface area contributed by atoms with Gasteiger partial charge in [0.15, 0.2) is 11.5 Å². The van der Waals surface area contributed by atoms with Crippen molar-refractivity contribution in [1.82, 2.24) is 10.2 Å². The average Bonchev–Trinajstić information content (AvgIpc) is 3.63. The first kappa shape index (κ1) is 37.0. The highest BCUT2D eigenvalue weighted by Crippen LogP contribution is 2.35. The number of benzene rings is 4. The molecule has 0 aromatic heterocycles. The fraction of sp³-hybridized carbons (Fsp3) is 0.316. The van der Waals surface area contributed by atoms with Crippen molar-refractivity contribution in [2.45, 2.75) is 62.6 Å². The molecule has 4 aromatic rings. The summed E-state index contributed by atoms with van der Waals surface area (Å²) in [6.07, 6.45) is 3.87. The monoisotopic (exact) mass is 737 g/mol. The lowest BCUT2D eigenvalue weighted by Crippen LogP contribution is -2.54. The molecule has 0 unspecified atom stereocenters. The van der Waals surface area contributed by atoms with Crippen LogP contribution in [0.3, 0.4) is 0 Å². The molecule has 1 atom stereocenters. The highest BCUT2D eigenvalue weighted by Gasteiger charge is 2.36. The van der Waals surface area contributed by atoms with Gasteiger partial charge >= 0.3 is 0 Å². The SMILES string of the molecule is COc1ccc(N(CC(=O)N(Cc2c(Cl)cccc2Cl)[C@@H](Cc2ccccc2)C(=O)NC2CCCC2)S(=O)(=O)c2ccc(C)cc2)cc1OC. The van der Waals surface area contributed by atoms with Crippen molar-refractivity contribution in [2.75, 3.05) is 25.1 Å². The summed E-state index contributed by atoms with van der Waals surface area (Å²) >= 11 is 13.3. The van der Waals surface area contributed by atoms with Crippen LogP contribution in [-0.4, -0.2) is 58.0 Å². The first-order chi connectivity index (χ1) is 24.0. The van der Waals surface area contributed by atoms with Crippen LogP contribution >= 0.6 is 23.2 Å². The van der Waals surface area contributed by atoms with E-state index in [0.717, 1.165) is 41.1 Å². The van der Waals surface area contributed by atoms with Crippen LogP contribution in [-0.2, 0) is 32.6 Å². The summed E-state index contributed by atoms with van der Waals surface area (Å²) in [6.45, 7) is 1.07. The van der Waals surface area contributed by atoms with Gasteiger partial charge < -0.3 is 19.7 Å². The van der Waals surface area contributed by atoms with Crippen LogP contribution in [0, 0.1) is 6.92 Å². The van der Waals surface area contributed by atoms with E-state index in [1.807, 2.05) is 37.3 Å². The zero-order valence-corrected chi connectivity index (χ0v) is 30.6. The number of rotatable bonds is 14. The number of carbonyl (C=O) groups excluding carboxylic acids is 2. The second-order valence-electron chi connectivity index (χ2n) is 12.3. The molecule has 1 aliphatic carbocycles. The lowest BCUT2D eigenvalue weighted by molar-refractivity contribution is -0.140. The zero-order chi connectivity index (χ0) is 35.8. The van der Waals surface area contributed by atoms with Gasteiger partial charge in [-0.1, -0.05) is 90.1 Å². The van der Waals surface area contributed by atoms with E-state index >= 15 is 0 Å². The van der Waals surface area contributed by atoms with Gasteiger partial charge in [0.2, 0.25) is 11.8 Å². The summed E-state index contributed by atoms with van der Waals surface area (Å²) in [5.41, 5.74) is 2.31. The number of sulfonamides is 1. The summed E-state index contributed by atoms with van der Waals surface area (Å²) in [5, 5.41) is 3.79. The Morgan fingerprint density at radius 2 is 1.50 bits per heavy atom. The van der Waals surface area contributed by atoms with E-state index in [1.54, 1.807) is 42.5 Å². The Kier molecular flexibility index (Phi) is 12.3. The standard InChI is InChI=1S/C38H41Cl2N3O6S/c1-26-16-19-30(20-17-26)50(46,47)43(29-18-21-35(48-2)36(23-29)49-3)25-37(44)42(24-31-32(39)14-9-15-33(31)40)34(22-27-10-5-4-6-11-27)38(45)41-28-12-7-8-13-28/h4-6,9-11,14-21,23,28,34H,7-8,12-13,22,24-25H2,1-3H3,(H,41,45)/t34-/m0/s1. The maximum absolute atomic E-state index is 14.8. The number of nitrogens with zero attached hydrogens (tertiary/aromatic N) is 2. The Bertz CT molecular complexity index is 1880. The first-order valence-electron chi connectivity index (χ1n) is 16.4. The molecule has 2 amide bonds. The minimum atomic E-state index is -4.32. The van der Waals surface area contributed by atoms with Gasteiger partial charge in [0, 0.05) is 40.7 Å². The second kappa shape index (κ2) is 16.6. The summed E-state index contributed by atoms with van der Waals surface area (Å²) < 4.78 is 40.7. The van der Waals surface area contributed by atoms with Crippen LogP contribution in [0.25, 0.3) is 0 Å². The molecule has 4 aromatic carbocycles. The summed E-state index contributed by atoms with van der Waals surface area (Å²) in [4.78, 5) is 30.5. The third-order valence-corrected chi connectivity index (χ3v) is 11.4. The van der Waals surface area contributed by atoms with Crippen molar-refractivity contribution < 1.29 is 27.5 Å². The molecule has 0 spiro atoms. The van der Waals surface area contributed by atoms with Gasteiger partial charge in [-0.3, -0.25) is 13.9 Å². The van der Waals surface area contributed by atoms with E-state index in [4.69, 9.17) is 32.7 Å². The third-order valence-electron chi connectivity index (χ3n) is 8.91. The summed E-state index contributed by atoms with van der Waals surface area (Å²) in [7, 11) is -1.40. The van der Waals surface area contributed by atoms with Crippen molar-refractivity contribution in [3.63, 3.8) is 0 Å². The number of halogens is 2.